The van der Waals surface area contributed by atoms with Crippen LogP contribution in [0.3, 0.4) is 0 Å². The number of thiophene rings is 1. The zero-order chi connectivity index (χ0) is 8.06. The zero-order valence-electron chi connectivity index (χ0n) is 6.98. The van der Waals surface area contributed by atoms with Gasteiger partial charge in [0, 0.05) is 15.9 Å². The average molecular weight is 167 g/mol. The SMILES string of the molecule is CC1(C)CCc2scc(N)c21. The van der Waals surface area contributed by atoms with Crippen molar-refractivity contribution in [3.05, 3.63) is 15.8 Å². The van der Waals surface area contributed by atoms with E-state index in [2.05, 4.69) is 19.2 Å². The molecule has 1 heterocycles. The molecule has 1 aliphatic carbocycles. The second kappa shape index (κ2) is 2.01. The Bertz CT molecular complexity index is 286. The number of nitrogen functional groups attached to an aromatic ring is 1. The quantitative estimate of drug-likeness (QED) is 0.631. The zero-order valence-corrected chi connectivity index (χ0v) is 7.79. The summed E-state index contributed by atoms with van der Waals surface area (Å²) in [4.78, 5) is 1.51. The average Bonchev–Trinajstić information content (AvgIpc) is 2.38. The van der Waals surface area contributed by atoms with E-state index < -0.39 is 0 Å². The molecule has 0 aliphatic heterocycles. The summed E-state index contributed by atoms with van der Waals surface area (Å²) in [7, 11) is 0. The Morgan fingerprint density at radius 3 is 2.91 bits per heavy atom. The van der Waals surface area contributed by atoms with Crippen LogP contribution in [0.5, 0.6) is 0 Å². The van der Waals surface area contributed by atoms with Crippen LogP contribution in [0.25, 0.3) is 0 Å². The van der Waals surface area contributed by atoms with Gasteiger partial charge in [0.2, 0.25) is 0 Å². The van der Waals surface area contributed by atoms with E-state index in [1.165, 1.54) is 23.3 Å². The molecule has 1 aromatic heterocycles. The molecule has 0 radical (unpaired) electrons. The smallest absolute Gasteiger partial charge is 0.0463 e. The molecule has 0 fully saturated rings. The molecule has 0 unspecified atom stereocenters. The largest absolute Gasteiger partial charge is 0.398 e. The highest BCUT2D eigenvalue weighted by atomic mass is 32.1. The number of hydrogen-bond donors (Lipinski definition) is 1. The fourth-order valence-corrected chi connectivity index (χ4v) is 3.04. The van der Waals surface area contributed by atoms with Crippen molar-refractivity contribution in [2.75, 3.05) is 5.73 Å². The van der Waals surface area contributed by atoms with Crippen molar-refractivity contribution in [2.24, 2.45) is 0 Å². The Morgan fingerprint density at radius 1 is 1.55 bits per heavy atom. The second-order valence-corrected chi connectivity index (χ2v) is 4.84. The fraction of sp³-hybridized carbons (Fsp3) is 0.556. The summed E-state index contributed by atoms with van der Waals surface area (Å²) in [5.41, 5.74) is 8.64. The minimum absolute atomic E-state index is 0.333. The summed E-state index contributed by atoms with van der Waals surface area (Å²) in [5, 5.41) is 2.07. The number of anilines is 1. The van der Waals surface area contributed by atoms with Gasteiger partial charge in [-0.1, -0.05) is 13.8 Å². The van der Waals surface area contributed by atoms with Crippen molar-refractivity contribution < 1.29 is 0 Å². The van der Waals surface area contributed by atoms with Crippen LogP contribution in [0.1, 0.15) is 30.7 Å². The van der Waals surface area contributed by atoms with Crippen molar-refractivity contribution in [1.29, 1.82) is 0 Å². The number of nitrogens with two attached hydrogens (primary N) is 1. The van der Waals surface area contributed by atoms with Gasteiger partial charge < -0.3 is 5.73 Å². The van der Waals surface area contributed by atoms with E-state index in [0.717, 1.165) is 5.69 Å². The van der Waals surface area contributed by atoms with Crippen molar-refractivity contribution >= 4 is 17.0 Å². The summed E-state index contributed by atoms with van der Waals surface area (Å²) < 4.78 is 0. The molecule has 0 atom stereocenters. The fourth-order valence-electron chi connectivity index (χ4n) is 1.92. The third kappa shape index (κ3) is 0.890. The molecule has 2 heteroatoms. The lowest BCUT2D eigenvalue weighted by atomic mass is 9.87. The van der Waals surface area contributed by atoms with Gasteiger partial charge in [-0.3, -0.25) is 0 Å². The first-order valence-electron chi connectivity index (χ1n) is 3.97. The molecule has 0 amide bonds. The number of hydrogen-bond acceptors (Lipinski definition) is 2. The summed E-state index contributed by atoms with van der Waals surface area (Å²) in [5.74, 6) is 0. The monoisotopic (exact) mass is 167 g/mol. The first-order valence-corrected chi connectivity index (χ1v) is 4.85. The van der Waals surface area contributed by atoms with E-state index in [9.17, 15) is 0 Å². The number of fused-ring (bicyclic) bond motifs is 1. The minimum Gasteiger partial charge on any atom is -0.398 e. The van der Waals surface area contributed by atoms with E-state index in [-0.39, 0.29) is 0 Å². The van der Waals surface area contributed by atoms with Crippen LogP contribution in [-0.2, 0) is 11.8 Å². The van der Waals surface area contributed by atoms with Crippen LogP contribution in [0.2, 0.25) is 0 Å². The highest BCUT2D eigenvalue weighted by molar-refractivity contribution is 7.10. The van der Waals surface area contributed by atoms with Gasteiger partial charge in [-0.2, -0.15) is 0 Å². The lowest BCUT2D eigenvalue weighted by molar-refractivity contribution is 0.524. The molecular formula is C9H13NS. The highest BCUT2D eigenvalue weighted by Gasteiger charge is 2.32. The molecule has 11 heavy (non-hydrogen) atoms. The molecule has 0 bridgehead atoms. The predicted octanol–water partition coefficient (Wildman–Crippen LogP) is 2.55. The minimum atomic E-state index is 0.333. The third-order valence-electron chi connectivity index (χ3n) is 2.55. The van der Waals surface area contributed by atoms with E-state index >= 15 is 0 Å². The first kappa shape index (κ1) is 7.17. The third-order valence-corrected chi connectivity index (χ3v) is 3.61. The van der Waals surface area contributed by atoms with Gasteiger partial charge >= 0.3 is 0 Å². The van der Waals surface area contributed by atoms with Gasteiger partial charge in [0.25, 0.3) is 0 Å². The highest BCUT2D eigenvalue weighted by Crippen LogP contribution is 2.44. The normalized spacial score (nSPS) is 20.2. The van der Waals surface area contributed by atoms with Gasteiger partial charge in [0.05, 0.1) is 0 Å². The van der Waals surface area contributed by atoms with Crippen LogP contribution >= 0.6 is 11.3 Å². The molecule has 1 aromatic rings. The Morgan fingerprint density at radius 2 is 2.27 bits per heavy atom. The molecular weight excluding hydrogens is 154 g/mol. The van der Waals surface area contributed by atoms with Gasteiger partial charge in [-0.05, 0) is 23.8 Å². The van der Waals surface area contributed by atoms with Crippen molar-refractivity contribution in [3.8, 4) is 0 Å². The lowest BCUT2D eigenvalue weighted by Gasteiger charge is -2.18. The standard InChI is InChI=1S/C9H13NS/c1-9(2)4-3-7-8(9)6(10)5-11-7/h5H,3-4,10H2,1-2H3. The summed E-state index contributed by atoms with van der Waals surface area (Å²) in [6.45, 7) is 4.56. The van der Waals surface area contributed by atoms with E-state index in [1.54, 1.807) is 0 Å². The molecule has 1 nitrogen and oxygen atoms in total. The number of aryl methyl sites for hydroxylation is 1. The van der Waals surface area contributed by atoms with Crippen LogP contribution in [0.15, 0.2) is 5.38 Å². The van der Waals surface area contributed by atoms with Gasteiger partial charge in [0.1, 0.15) is 0 Å². The van der Waals surface area contributed by atoms with Crippen molar-refractivity contribution in [1.82, 2.24) is 0 Å². The maximum Gasteiger partial charge on any atom is 0.0463 e. The van der Waals surface area contributed by atoms with Crippen LogP contribution < -0.4 is 5.73 Å². The van der Waals surface area contributed by atoms with Crippen LogP contribution in [0, 0.1) is 0 Å². The van der Waals surface area contributed by atoms with Crippen LogP contribution in [-0.4, -0.2) is 0 Å². The molecule has 0 saturated carbocycles. The van der Waals surface area contributed by atoms with Gasteiger partial charge in [0.15, 0.2) is 0 Å². The molecule has 2 N–H and O–H groups in total. The Balaban J connectivity index is 2.60. The summed E-state index contributed by atoms with van der Waals surface area (Å²) in [6.07, 6.45) is 2.49. The maximum absolute atomic E-state index is 5.88. The Labute approximate surface area is 71.2 Å². The Kier molecular flexibility index (Phi) is 1.31. The van der Waals surface area contributed by atoms with E-state index in [0.29, 0.717) is 5.41 Å². The van der Waals surface area contributed by atoms with E-state index in [4.69, 9.17) is 5.73 Å². The van der Waals surface area contributed by atoms with Gasteiger partial charge in [-0.25, -0.2) is 0 Å². The summed E-state index contributed by atoms with van der Waals surface area (Å²) >= 11 is 1.82. The van der Waals surface area contributed by atoms with Gasteiger partial charge in [-0.15, -0.1) is 11.3 Å². The molecule has 1 aliphatic rings. The summed E-state index contributed by atoms with van der Waals surface area (Å²) in [6, 6.07) is 0. The topological polar surface area (TPSA) is 26.0 Å². The first-order chi connectivity index (χ1) is 5.11. The molecule has 0 aromatic carbocycles. The van der Waals surface area contributed by atoms with E-state index in [1.807, 2.05) is 11.3 Å². The molecule has 60 valence electrons. The lowest BCUT2D eigenvalue weighted by Crippen LogP contribution is -2.12. The second-order valence-electron chi connectivity index (χ2n) is 3.87. The molecule has 0 saturated heterocycles. The molecule has 2 rings (SSSR count). The van der Waals surface area contributed by atoms with Crippen molar-refractivity contribution in [3.63, 3.8) is 0 Å². The molecule has 0 spiro atoms. The maximum atomic E-state index is 5.88. The Hall–Kier alpha value is -0.500. The number of rotatable bonds is 0. The van der Waals surface area contributed by atoms with Crippen LogP contribution in [0.4, 0.5) is 5.69 Å². The van der Waals surface area contributed by atoms with Crippen molar-refractivity contribution in [2.45, 2.75) is 32.1 Å². The predicted molar refractivity (Wildman–Crippen MR) is 50.1 cm³/mol.